The van der Waals surface area contributed by atoms with Gasteiger partial charge in [-0.1, -0.05) is 42.5 Å². The van der Waals surface area contributed by atoms with E-state index in [0.29, 0.717) is 31.2 Å². The molecule has 7 heteroatoms. The minimum absolute atomic E-state index is 0.567. The molecule has 2 heterocycles. The van der Waals surface area contributed by atoms with E-state index in [-0.39, 0.29) is 0 Å². The monoisotopic (exact) mass is 415 g/mol. The van der Waals surface area contributed by atoms with E-state index in [9.17, 15) is 0 Å². The number of hydrogen-bond acceptors (Lipinski definition) is 7. The van der Waals surface area contributed by atoms with Gasteiger partial charge >= 0.3 is 0 Å². The molecule has 1 aliphatic carbocycles. The van der Waals surface area contributed by atoms with Crippen LogP contribution < -0.4 is 20.2 Å². The smallest absolute Gasteiger partial charge is 0.213 e. The van der Waals surface area contributed by atoms with Crippen molar-refractivity contribution in [3.8, 4) is 11.6 Å². The van der Waals surface area contributed by atoms with Crippen LogP contribution in [0.1, 0.15) is 17.7 Å². The Morgan fingerprint density at radius 3 is 2.77 bits per heavy atom. The molecule has 158 valence electrons. The number of benzene rings is 1. The fourth-order valence-corrected chi connectivity index (χ4v) is 3.38. The molecule has 0 saturated heterocycles. The summed E-state index contributed by atoms with van der Waals surface area (Å²) >= 11 is 0. The van der Waals surface area contributed by atoms with Crippen LogP contribution in [0.25, 0.3) is 5.57 Å². The molecular formula is C24H25N5O2. The van der Waals surface area contributed by atoms with Crippen molar-refractivity contribution < 1.29 is 9.47 Å². The van der Waals surface area contributed by atoms with Crippen LogP contribution in [0.15, 0.2) is 76.4 Å². The number of fused-ring (bicyclic) bond motifs is 1. The minimum Gasteiger partial charge on any atom is -0.496 e. The van der Waals surface area contributed by atoms with E-state index in [0.717, 1.165) is 33.8 Å². The highest BCUT2D eigenvalue weighted by Crippen LogP contribution is 2.29. The first-order valence-electron chi connectivity index (χ1n) is 10.1. The standard InChI is InChI=1S/C24H25N5O2/c1-30-22-9-4-3-8-19(22)17-6-5-7-18(11-10-17)24-28-20-12-13-23(31-2)27-21(20)16-25-14-15-26-29-24/h3-6,8-13,15,25H,7,14,16H2,1-2H3,(H,28,29)/b26-15+. The van der Waals surface area contributed by atoms with E-state index < -0.39 is 0 Å². The molecule has 1 aliphatic heterocycles. The molecular weight excluding hydrogens is 390 g/mol. The summed E-state index contributed by atoms with van der Waals surface area (Å²) in [5, 5.41) is 7.59. The van der Waals surface area contributed by atoms with E-state index in [1.54, 1.807) is 20.4 Å². The Morgan fingerprint density at radius 1 is 1.00 bits per heavy atom. The maximum atomic E-state index is 5.52. The number of pyridine rings is 1. The number of nitrogens with zero attached hydrogens (tertiary/aromatic N) is 3. The van der Waals surface area contributed by atoms with Crippen molar-refractivity contribution in [2.75, 3.05) is 20.8 Å². The van der Waals surface area contributed by atoms with Gasteiger partial charge in [0.1, 0.15) is 11.6 Å². The molecule has 2 aromatic rings. The van der Waals surface area contributed by atoms with Crippen LogP contribution in [0, 0.1) is 0 Å². The van der Waals surface area contributed by atoms with Crippen molar-refractivity contribution >= 4 is 23.3 Å². The molecule has 2 aliphatic rings. The van der Waals surface area contributed by atoms with Crippen LogP contribution >= 0.6 is 0 Å². The lowest BCUT2D eigenvalue weighted by molar-refractivity contribution is 0.396. The van der Waals surface area contributed by atoms with Crippen molar-refractivity contribution in [2.45, 2.75) is 13.0 Å². The third-order valence-corrected chi connectivity index (χ3v) is 4.98. The number of allylic oxidation sites excluding steroid dienone is 5. The highest BCUT2D eigenvalue weighted by molar-refractivity contribution is 6.01. The zero-order valence-electron chi connectivity index (χ0n) is 17.6. The number of aliphatic imine (C=N–C) groups is 1. The number of aromatic nitrogens is 1. The minimum atomic E-state index is 0.567. The summed E-state index contributed by atoms with van der Waals surface area (Å²) < 4.78 is 10.8. The van der Waals surface area contributed by atoms with Crippen molar-refractivity contribution in [1.29, 1.82) is 0 Å². The van der Waals surface area contributed by atoms with Crippen LogP contribution in [-0.4, -0.2) is 37.8 Å². The number of methoxy groups -OCH3 is 2. The van der Waals surface area contributed by atoms with Crippen molar-refractivity contribution in [1.82, 2.24) is 15.7 Å². The normalized spacial score (nSPS) is 17.2. The van der Waals surface area contributed by atoms with Crippen molar-refractivity contribution in [2.24, 2.45) is 10.1 Å². The molecule has 0 fully saturated rings. The van der Waals surface area contributed by atoms with Crippen LogP contribution in [0.4, 0.5) is 5.69 Å². The lowest BCUT2D eigenvalue weighted by atomic mass is 10.0. The Bertz CT molecular complexity index is 1100. The predicted molar refractivity (Wildman–Crippen MR) is 124 cm³/mol. The van der Waals surface area contributed by atoms with Gasteiger partial charge in [0.05, 0.1) is 25.6 Å². The molecule has 0 saturated carbocycles. The van der Waals surface area contributed by atoms with Gasteiger partial charge in [-0.15, -0.1) is 0 Å². The molecule has 0 bridgehead atoms. The Hall–Kier alpha value is -3.71. The van der Waals surface area contributed by atoms with Gasteiger partial charge in [-0.3, -0.25) is 5.43 Å². The van der Waals surface area contributed by atoms with Gasteiger partial charge in [-0.05, 0) is 24.1 Å². The Morgan fingerprint density at radius 2 is 1.90 bits per heavy atom. The molecule has 31 heavy (non-hydrogen) atoms. The second kappa shape index (κ2) is 9.86. The number of ether oxygens (including phenoxy) is 2. The molecule has 1 aromatic carbocycles. The molecule has 0 radical (unpaired) electrons. The van der Waals surface area contributed by atoms with Gasteiger partial charge in [0.15, 0.2) is 0 Å². The number of hydrazone groups is 1. The number of nitrogens with one attached hydrogen (secondary N) is 2. The van der Waals surface area contributed by atoms with E-state index in [1.165, 1.54) is 0 Å². The second-order valence-electron chi connectivity index (χ2n) is 6.95. The Kier molecular flexibility index (Phi) is 6.54. The third-order valence-electron chi connectivity index (χ3n) is 4.98. The maximum absolute atomic E-state index is 5.52. The summed E-state index contributed by atoms with van der Waals surface area (Å²) in [6.45, 7) is 1.20. The molecule has 0 atom stereocenters. The van der Waals surface area contributed by atoms with Crippen LogP contribution in [0.2, 0.25) is 0 Å². The molecule has 4 rings (SSSR count). The van der Waals surface area contributed by atoms with Crippen LogP contribution in [0.5, 0.6) is 11.6 Å². The fraction of sp³-hybridized carbons (Fsp3) is 0.208. The average Bonchev–Trinajstić information content (AvgIpc) is 3.07. The van der Waals surface area contributed by atoms with Gasteiger partial charge < -0.3 is 14.8 Å². The van der Waals surface area contributed by atoms with Crippen molar-refractivity contribution in [3.63, 3.8) is 0 Å². The van der Waals surface area contributed by atoms with E-state index in [1.807, 2.05) is 30.3 Å². The molecule has 0 spiro atoms. The molecule has 7 nitrogen and oxygen atoms in total. The Balaban J connectivity index is 1.72. The summed E-state index contributed by atoms with van der Waals surface area (Å²) in [7, 11) is 3.30. The van der Waals surface area contributed by atoms with Gasteiger partial charge in [0.2, 0.25) is 5.88 Å². The van der Waals surface area contributed by atoms with Gasteiger partial charge in [-0.25, -0.2) is 9.98 Å². The summed E-state index contributed by atoms with van der Waals surface area (Å²) in [4.78, 5) is 9.40. The summed E-state index contributed by atoms with van der Waals surface area (Å²) in [6, 6.07) is 11.7. The summed E-state index contributed by atoms with van der Waals surface area (Å²) in [5.74, 6) is 2.10. The van der Waals surface area contributed by atoms with E-state index >= 15 is 0 Å². The third kappa shape index (κ3) is 4.90. The molecule has 0 amide bonds. The number of rotatable bonds is 4. The van der Waals surface area contributed by atoms with Gasteiger partial charge in [0.25, 0.3) is 0 Å². The fourth-order valence-electron chi connectivity index (χ4n) is 3.38. The van der Waals surface area contributed by atoms with E-state index in [4.69, 9.17) is 14.5 Å². The topological polar surface area (TPSA) is 80.1 Å². The lowest BCUT2D eigenvalue weighted by Crippen LogP contribution is -2.24. The van der Waals surface area contributed by atoms with Gasteiger partial charge in [0, 0.05) is 36.5 Å². The highest BCUT2D eigenvalue weighted by Gasteiger charge is 2.13. The first kappa shape index (κ1) is 20.6. The largest absolute Gasteiger partial charge is 0.496 e. The SMILES string of the molecule is COc1ccc2c(n1)CNC/C=N/NC(C1=CC=C(c3ccccc3OC)C=CC1)=N2. The zero-order valence-corrected chi connectivity index (χ0v) is 17.6. The average molecular weight is 415 g/mol. The van der Waals surface area contributed by atoms with Gasteiger partial charge in [-0.2, -0.15) is 5.10 Å². The number of amidine groups is 1. The van der Waals surface area contributed by atoms with Crippen LogP contribution in [-0.2, 0) is 6.54 Å². The summed E-state index contributed by atoms with van der Waals surface area (Å²) in [6.07, 6.45) is 10.9. The van der Waals surface area contributed by atoms with Crippen molar-refractivity contribution in [3.05, 3.63) is 77.5 Å². The number of para-hydroxylation sites is 1. The highest BCUT2D eigenvalue weighted by atomic mass is 16.5. The number of hydrogen-bond donors (Lipinski definition) is 2. The zero-order chi connectivity index (χ0) is 21.5. The first-order valence-corrected chi connectivity index (χ1v) is 10.1. The summed E-state index contributed by atoms with van der Waals surface area (Å²) in [5.41, 5.74) is 7.84. The Labute approximate surface area is 181 Å². The van der Waals surface area contributed by atoms with E-state index in [2.05, 4.69) is 51.2 Å². The quantitative estimate of drug-likeness (QED) is 0.795. The molecule has 2 N–H and O–H groups in total. The van der Waals surface area contributed by atoms with Crippen LogP contribution in [0.3, 0.4) is 0 Å². The predicted octanol–water partition coefficient (Wildman–Crippen LogP) is 3.78. The second-order valence-corrected chi connectivity index (χ2v) is 6.95. The molecule has 1 aromatic heterocycles. The molecule has 0 unspecified atom stereocenters. The first-order chi connectivity index (χ1) is 15.3. The maximum Gasteiger partial charge on any atom is 0.213 e. The lowest BCUT2D eigenvalue weighted by Gasteiger charge is -2.13.